The van der Waals surface area contributed by atoms with Crippen LogP contribution in [0.5, 0.6) is 0 Å². The number of oxazole rings is 1. The molecule has 1 saturated heterocycles. The van der Waals surface area contributed by atoms with Gasteiger partial charge in [-0.3, -0.25) is 9.59 Å². The Morgan fingerprint density at radius 3 is 2.41 bits per heavy atom. The van der Waals surface area contributed by atoms with E-state index in [1.54, 1.807) is 18.7 Å². The Kier molecular flexibility index (Phi) is 6.23. The summed E-state index contributed by atoms with van der Waals surface area (Å²) in [6, 6.07) is 0. The molecule has 1 fully saturated rings. The van der Waals surface area contributed by atoms with Crippen LogP contribution >= 0.6 is 11.3 Å². The number of hydrogen-bond donors (Lipinski definition) is 0. The highest BCUT2D eigenvalue weighted by Gasteiger charge is 2.31. The monoisotopic (exact) mass is 438 g/mol. The van der Waals surface area contributed by atoms with Crippen LogP contribution in [0.1, 0.15) is 62.3 Å². The van der Waals surface area contributed by atoms with Crippen LogP contribution in [0.2, 0.25) is 0 Å². The Hall–Kier alpha value is -2.07. The van der Waals surface area contributed by atoms with E-state index in [0.717, 1.165) is 17.1 Å². The summed E-state index contributed by atoms with van der Waals surface area (Å²) in [5.74, 6) is 0.110. The van der Waals surface area contributed by atoms with Crippen molar-refractivity contribution in [3.63, 3.8) is 0 Å². The molecular weight excluding hydrogens is 412 g/mol. The molecule has 2 aromatic heterocycles. The molecule has 0 spiro atoms. The second-order valence-electron chi connectivity index (χ2n) is 7.26. The minimum absolute atomic E-state index is 0.0255. The summed E-state index contributed by atoms with van der Waals surface area (Å²) < 4.78 is 22.4. The second kappa shape index (κ2) is 8.35. The average molecular weight is 439 g/mol. The molecule has 2 aromatic rings. The molecule has 1 atom stereocenters. The Morgan fingerprint density at radius 2 is 1.90 bits per heavy atom. The molecule has 10 heteroatoms. The Labute approximate surface area is 174 Å². The predicted molar refractivity (Wildman–Crippen MR) is 112 cm³/mol. The summed E-state index contributed by atoms with van der Waals surface area (Å²) >= 11 is 1.44. The van der Waals surface area contributed by atoms with Gasteiger partial charge in [0.25, 0.3) is 5.91 Å². The highest BCUT2D eigenvalue weighted by atomic mass is 32.2. The minimum Gasteiger partial charge on any atom is -0.445 e. The number of thiazole rings is 1. The largest absolute Gasteiger partial charge is 0.445 e. The van der Waals surface area contributed by atoms with Gasteiger partial charge >= 0.3 is 5.91 Å². The van der Waals surface area contributed by atoms with E-state index in [2.05, 4.69) is 14.3 Å². The Bertz CT molecular complexity index is 1050. The molecule has 3 rings (SSSR count). The summed E-state index contributed by atoms with van der Waals surface area (Å²) in [5, 5.41) is 0.700. The van der Waals surface area contributed by atoms with E-state index in [0.29, 0.717) is 42.5 Å². The molecule has 1 aliphatic rings. The maximum absolute atomic E-state index is 13.1. The summed E-state index contributed by atoms with van der Waals surface area (Å²) in [6.45, 7) is 8.12. The van der Waals surface area contributed by atoms with E-state index in [4.69, 9.17) is 4.42 Å². The third kappa shape index (κ3) is 4.58. The summed E-state index contributed by atoms with van der Waals surface area (Å²) in [5.41, 5.74) is 0.870. The molecule has 0 aliphatic carbocycles. The molecule has 0 bridgehead atoms. The number of aryl methyl sites for hydroxylation is 4. The van der Waals surface area contributed by atoms with Crippen LogP contribution in [0.3, 0.4) is 0 Å². The summed E-state index contributed by atoms with van der Waals surface area (Å²) in [7, 11) is -2.76. The Balaban J connectivity index is 1.69. The van der Waals surface area contributed by atoms with E-state index < -0.39 is 15.6 Å². The van der Waals surface area contributed by atoms with Gasteiger partial charge in [-0.2, -0.15) is 4.36 Å². The van der Waals surface area contributed by atoms with Crippen LogP contribution in [-0.4, -0.2) is 55.5 Å². The third-order valence-corrected chi connectivity index (χ3v) is 8.58. The zero-order valence-corrected chi connectivity index (χ0v) is 19.0. The number of piperidine rings is 1. The second-order valence-corrected chi connectivity index (χ2v) is 10.9. The molecule has 158 valence electrons. The molecule has 2 amide bonds. The number of amides is 2. The van der Waals surface area contributed by atoms with E-state index in [1.165, 1.54) is 17.6 Å². The molecule has 0 radical (unpaired) electrons. The van der Waals surface area contributed by atoms with E-state index in [9.17, 15) is 13.8 Å². The average Bonchev–Trinajstić information content (AvgIpc) is 3.22. The van der Waals surface area contributed by atoms with Crippen molar-refractivity contribution < 1.29 is 18.2 Å². The molecular formula is C19H26N4O4S2. The molecule has 1 unspecified atom stereocenters. The van der Waals surface area contributed by atoms with Gasteiger partial charge in [-0.1, -0.05) is 6.92 Å². The number of nitrogens with zero attached hydrogens (tertiary/aromatic N) is 4. The van der Waals surface area contributed by atoms with Crippen molar-refractivity contribution in [1.29, 1.82) is 0 Å². The molecule has 0 N–H and O–H groups in total. The van der Waals surface area contributed by atoms with Gasteiger partial charge in [0, 0.05) is 31.5 Å². The first-order chi connectivity index (χ1) is 13.6. The van der Waals surface area contributed by atoms with Crippen molar-refractivity contribution in [3.8, 4) is 0 Å². The van der Waals surface area contributed by atoms with Crippen molar-refractivity contribution in [2.75, 3.05) is 19.3 Å². The van der Waals surface area contributed by atoms with Crippen molar-refractivity contribution in [3.05, 3.63) is 32.9 Å². The summed E-state index contributed by atoms with van der Waals surface area (Å²) in [6.07, 6.45) is 3.38. The zero-order valence-electron chi connectivity index (χ0n) is 17.4. The van der Waals surface area contributed by atoms with Crippen LogP contribution < -0.4 is 0 Å². The van der Waals surface area contributed by atoms with Crippen molar-refractivity contribution in [1.82, 2.24) is 14.9 Å². The smallest absolute Gasteiger partial charge is 0.307 e. The number of rotatable bonds is 4. The summed E-state index contributed by atoms with van der Waals surface area (Å²) in [4.78, 5) is 36.2. The van der Waals surface area contributed by atoms with Crippen molar-refractivity contribution in [2.24, 2.45) is 4.36 Å². The molecule has 8 nitrogen and oxygen atoms in total. The zero-order chi connectivity index (χ0) is 21.3. The fourth-order valence-electron chi connectivity index (χ4n) is 3.45. The van der Waals surface area contributed by atoms with Gasteiger partial charge in [-0.05, 0) is 33.1 Å². The van der Waals surface area contributed by atoms with E-state index in [1.807, 2.05) is 13.8 Å². The predicted octanol–water partition coefficient (Wildman–Crippen LogP) is 3.16. The molecule has 29 heavy (non-hydrogen) atoms. The van der Waals surface area contributed by atoms with Crippen molar-refractivity contribution >= 4 is 32.9 Å². The number of likely N-dealkylation sites (tertiary alicyclic amines) is 1. The van der Waals surface area contributed by atoms with Crippen LogP contribution in [0.25, 0.3) is 0 Å². The minimum atomic E-state index is -2.76. The maximum Gasteiger partial charge on any atom is 0.307 e. The molecule has 0 saturated carbocycles. The van der Waals surface area contributed by atoms with Gasteiger partial charge in [0.05, 0.1) is 20.4 Å². The van der Waals surface area contributed by atoms with Gasteiger partial charge in [0.15, 0.2) is 11.6 Å². The van der Waals surface area contributed by atoms with Gasteiger partial charge in [0.2, 0.25) is 0 Å². The Morgan fingerprint density at radius 1 is 1.24 bits per heavy atom. The van der Waals surface area contributed by atoms with Gasteiger partial charge in [0.1, 0.15) is 10.6 Å². The van der Waals surface area contributed by atoms with Gasteiger partial charge in [-0.15, -0.1) is 11.3 Å². The third-order valence-electron chi connectivity index (χ3n) is 5.06. The quantitative estimate of drug-likeness (QED) is 0.726. The van der Waals surface area contributed by atoms with Gasteiger partial charge < -0.3 is 9.32 Å². The molecule has 1 aliphatic heterocycles. The number of carbonyl (C=O) groups is 2. The first kappa shape index (κ1) is 21.6. The number of aromatic nitrogens is 2. The highest BCUT2D eigenvalue weighted by molar-refractivity contribution is 7.93. The lowest BCUT2D eigenvalue weighted by Gasteiger charge is -2.32. The molecule has 3 heterocycles. The fraction of sp³-hybridized carbons (Fsp3) is 0.579. The van der Waals surface area contributed by atoms with Crippen LogP contribution in [0.15, 0.2) is 8.78 Å². The van der Waals surface area contributed by atoms with Crippen LogP contribution in [0, 0.1) is 20.8 Å². The van der Waals surface area contributed by atoms with Crippen molar-refractivity contribution in [2.45, 2.75) is 52.2 Å². The van der Waals surface area contributed by atoms with Gasteiger partial charge in [-0.25, -0.2) is 14.2 Å². The number of hydrogen-bond acceptors (Lipinski definition) is 7. The first-order valence-electron chi connectivity index (χ1n) is 9.57. The normalized spacial score (nSPS) is 17.2. The highest BCUT2D eigenvalue weighted by Crippen LogP contribution is 2.25. The number of carbonyl (C=O) groups excluding carboxylic acids is 2. The lowest BCUT2D eigenvalue weighted by Crippen LogP contribution is -2.42. The first-order valence-corrected chi connectivity index (χ1v) is 12.4. The molecule has 0 aromatic carbocycles. The van der Waals surface area contributed by atoms with E-state index >= 15 is 0 Å². The van der Waals surface area contributed by atoms with E-state index in [-0.39, 0.29) is 16.9 Å². The topological polar surface area (TPSA) is 106 Å². The SMILES string of the molecule is CCc1nc(C)c(C(=O)N2CCC(S(C)(=O)=NC(=O)c3nc(C)oc3C)CC2)s1. The standard InChI is InChI=1S/C19H26N4O4S2/c1-6-15-20-11(2)17(28-15)19(25)23-9-7-14(8-10-23)29(5,26)22-18(24)16-12(3)27-13(4)21-16/h14H,6-10H2,1-5H3. The lowest BCUT2D eigenvalue weighted by molar-refractivity contribution is 0.0729. The fourth-order valence-corrected chi connectivity index (χ4v) is 6.07. The van der Waals surface area contributed by atoms with Crippen LogP contribution in [-0.2, 0) is 16.1 Å². The maximum atomic E-state index is 13.1. The lowest BCUT2D eigenvalue weighted by atomic mass is 10.1. The van der Waals surface area contributed by atoms with Crippen LogP contribution in [0.4, 0.5) is 0 Å².